The van der Waals surface area contributed by atoms with Gasteiger partial charge in [0.2, 0.25) is 0 Å². The number of hydrogen-bond acceptors (Lipinski definition) is 2. The van der Waals surface area contributed by atoms with Crippen LogP contribution >= 0.6 is 0 Å². The molecule has 0 heterocycles. The molecule has 5 heteroatoms. The van der Waals surface area contributed by atoms with Crippen LogP contribution in [-0.2, 0) is 33.6 Å². The number of rotatable bonds is 15. The summed E-state index contributed by atoms with van der Waals surface area (Å²) in [6.07, 6.45) is 17.5. The third-order valence-electron chi connectivity index (χ3n) is 5.77. The van der Waals surface area contributed by atoms with Crippen molar-refractivity contribution in [1.82, 2.24) is 0 Å². The molecule has 0 aliphatic heterocycles. The van der Waals surface area contributed by atoms with Gasteiger partial charge in [-0.2, -0.15) is 8.42 Å². The molecule has 2 rings (SSSR count). The van der Waals surface area contributed by atoms with Crippen molar-refractivity contribution < 1.29 is 30.0 Å². The van der Waals surface area contributed by atoms with Crippen LogP contribution in [0.5, 0.6) is 0 Å². The second-order valence-electron chi connectivity index (χ2n) is 8.24. The SMILES string of the molecule is CCCCCCCCCCCCCCCc1ccc2ccccc2c1S(=O)(=O)O.[Fe]. The van der Waals surface area contributed by atoms with Crippen molar-refractivity contribution in [1.29, 1.82) is 0 Å². The summed E-state index contributed by atoms with van der Waals surface area (Å²) in [5.74, 6) is 0. The predicted octanol–water partition coefficient (Wildman–Crippen LogP) is 7.72. The molecule has 1 N–H and O–H groups in total. The van der Waals surface area contributed by atoms with Crippen LogP contribution in [0.3, 0.4) is 0 Å². The molecule has 0 aliphatic carbocycles. The summed E-state index contributed by atoms with van der Waals surface area (Å²) in [7, 11) is -4.23. The molecule has 0 aliphatic rings. The van der Waals surface area contributed by atoms with E-state index >= 15 is 0 Å². The summed E-state index contributed by atoms with van der Waals surface area (Å²) in [5.41, 5.74) is 0.731. The zero-order valence-corrected chi connectivity index (χ0v) is 20.3. The van der Waals surface area contributed by atoms with E-state index in [-0.39, 0.29) is 22.0 Å². The Morgan fingerprint density at radius 3 is 1.73 bits per heavy atom. The minimum absolute atomic E-state index is 0. The Morgan fingerprint density at radius 2 is 1.20 bits per heavy atom. The Balaban J connectivity index is 0.00000450. The van der Waals surface area contributed by atoms with Gasteiger partial charge >= 0.3 is 0 Å². The van der Waals surface area contributed by atoms with Crippen molar-refractivity contribution >= 4 is 20.9 Å². The first-order valence-electron chi connectivity index (χ1n) is 11.5. The zero-order valence-electron chi connectivity index (χ0n) is 18.4. The first-order valence-corrected chi connectivity index (χ1v) is 13.0. The molecular formula is C25H38FeO3S. The third kappa shape index (κ3) is 9.51. The molecule has 0 fully saturated rings. The Kier molecular flexibility index (Phi) is 13.6. The monoisotopic (exact) mass is 474 g/mol. The van der Waals surface area contributed by atoms with Gasteiger partial charge in [-0.15, -0.1) is 0 Å². The average molecular weight is 474 g/mol. The molecule has 0 spiro atoms. The van der Waals surface area contributed by atoms with E-state index in [0.29, 0.717) is 11.8 Å². The number of benzene rings is 2. The predicted molar refractivity (Wildman–Crippen MR) is 123 cm³/mol. The van der Waals surface area contributed by atoms with Crippen LogP contribution < -0.4 is 0 Å². The van der Waals surface area contributed by atoms with E-state index in [1.807, 2.05) is 30.3 Å². The van der Waals surface area contributed by atoms with Crippen molar-refractivity contribution in [3.63, 3.8) is 0 Å². The minimum Gasteiger partial charge on any atom is -0.282 e. The molecule has 170 valence electrons. The van der Waals surface area contributed by atoms with Crippen LogP contribution in [0.25, 0.3) is 10.8 Å². The fraction of sp³-hybridized carbons (Fsp3) is 0.600. The van der Waals surface area contributed by atoms with E-state index in [0.717, 1.165) is 23.8 Å². The summed E-state index contributed by atoms with van der Waals surface area (Å²) in [4.78, 5) is 0.0922. The van der Waals surface area contributed by atoms with E-state index < -0.39 is 10.1 Å². The van der Waals surface area contributed by atoms with E-state index in [1.165, 1.54) is 70.6 Å². The fourth-order valence-corrected chi connectivity index (χ4v) is 5.09. The number of hydrogen-bond donors (Lipinski definition) is 1. The van der Waals surface area contributed by atoms with E-state index in [9.17, 15) is 13.0 Å². The van der Waals surface area contributed by atoms with Crippen molar-refractivity contribution in [3.05, 3.63) is 42.0 Å². The summed E-state index contributed by atoms with van der Waals surface area (Å²) in [6, 6.07) is 11.1. The first kappa shape index (κ1) is 27.2. The molecule has 0 unspecified atom stereocenters. The quantitative estimate of drug-likeness (QED) is 0.163. The molecule has 0 atom stereocenters. The van der Waals surface area contributed by atoms with Crippen LogP contribution in [-0.4, -0.2) is 13.0 Å². The zero-order chi connectivity index (χ0) is 21.0. The molecule has 2 aromatic carbocycles. The Bertz CT molecular complexity index is 833. The molecule has 0 aromatic heterocycles. The van der Waals surface area contributed by atoms with Gasteiger partial charge in [0.25, 0.3) is 10.1 Å². The third-order valence-corrected chi connectivity index (χ3v) is 6.77. The molecule has 0 bridgehead atoms. The molecule has 30 heavy (non-hydrogen) atoms. The number of unbranched alkanes of at least 4 members (excludes halogenated alkanes) is 12. The summed E-state index contributed by atoms with van der Waals surface area (Å²) >= 11 is 0. The molecule has 0 saturated heterocycles. The molecule has 0 saturated carbocycles. The standard InChI is InChI=1S/C25H38O3S.Fe/c1-2-3-4-5-6-7-8-9-10-11-12-13-14-18-23-21-20-22-17-15-16-19-24(22)25(23)29(26,27)28;/h15-17,19-21H,2-14,18H2,1H3,(H,26,27,28);. The Morgan fingerprint density at radius 1 is 0.700 bits per heavy atom. The normalized spacial score (nSPS) is 11.5. The van der Waals surface area contributed by atoms with Crippen molar-refractivity contribution in [2.75, 3.05) is 0 Å². The fourth-order valence-electron chi connectivity index (χ4n) is 4.12. The number of fused-ring (bicyclic) bond motifs is 1. The van der Waals surface area contributed by atoms with Gasteiger partial charge in [0, 0.05) is 22.5 Å². The second kappa shape index (κ2) is 15.0. The van der Waals surface area contributed by atoms with Crippen LogP contribution in [0.1, 0.15) is 96.0 Å². The molecule has 3 nitrogen and oxygen atoms in total. The van der Waals surface area contributed by atoms with Crippen LogP contribution in [0.4, 0.5) is 0 Å². The summed E-state index contributed by atoms with van der Waals surface area (Å²) in [6.45, 7) is 2.26. The minimum atomic E-state index is -4.23. The number of aryl methyl sites for hydroxylation is 1. The average Bonchev–Trinajstić information content (AvgIpc) is 2.70. The topological polar surface area (TPSA) is 54.4 Å². The summed E-state index contributed by atoms with van der Waals surface area (Å²) < 4.78 is 33.7. The maximum absolute atomic E-state index is 12.0. The first-order chi connectivity index (χ1) is 14.0. The molecule has 0 amide bonds. The van der Waals surface area contributed by atoms with E-state index in [4.69, 9.17) is 0 Å². The second-order valence-corrected chi connectivity index (χ2v) is 9.60. The maximum Gasteiger partial charge on any atom is 0.295 e. The van der Waals surface area contributed by atoms with Gasteiger partial charge in [0.1, 0.15) is 4.90 Å². The van der Waals surface area contributed by atoms with Crippen LogP contribution in [0.15, 0.2) is 41.3 Å². The van der Waals surface area contributed by atoms with Crippen molar-refractivity contribution in [3.8, 4) is 0 Å². The van der Waals surface area contributed by atoms with Gasteiger partial charge in [-0.1, -0.05) is 120 Å². The summed E-state index contributed by atoms with van der Waals surface area (Å²) in [5, 5.41) is 1.46. The van der Waals surface area contributed by atoms with E-state index in [1.54, 1.807) is 6.07 Å². The van der Waals surface area contributed by atoms with Crippen LogP contribution in [0.2, 0.25) is 0 Å². The van der Waals surface area contributed by atoms with Gasteiger partial charge in [-0.3, -0.25) is 4.55 Å². The van der Waals surface area contributed by atoms with Crippen LogP contribution in [0, 0.1) is 0 Å². The van der Waals surface area contributed by atoms with Gasteiger partial charge < -0.3 is 0 Å². The van der Waals surface area contributed by atoms with Gasteiger partial charge in [-0.05, 0) is 23.8 Å². The van der Waals surface area contributed by atoms with Gasteiger partial charge in [0.15, 0.2) is 0 Å². The van der Waals surface area contributed by atoms with Crippen molar-refractivity contribution in [2.45, 2.75) is 102 Å². The van der Waals surface area contributed by atoms with Gasteiger partial charge in [-0.25, -0.2) is 0 Å². The smallest absolute Gasteiger partial charge is 0.282 e. The van der Waals surface area contributed by atoms with Gasteiger partial charge in [0.05, 0.1) is 0 Å². The molecular weight excluding hydrogens is 436 g/mol. The maximum atomic E-state index is 12.0. The molecule has 2 aromatic rings. The van der Waals surface area contributed by atoms with Crippen molar-refractivity contribution in [2.24, 2.45) is 0 Å². The largest absolute Gasteiger partial charge is 0.295 e. The Labute approximate surface area is 194 Å². The molecule has 0 radical (unpaired) electrons. The Hall–Kier alpha value is -0.871. The van der Waals surface area contributed by atoms with E-state index in [2.05, 4.69) is 6.92 Å².